The Labute approximate surface area is 198 Å². The summed E-state index contributed by atoms with van der Waals surface area (Å²) in [7, 11) is 0. The SMILES string of the molecule is NC(=NC(=O)C(NC(O)c1cnc(Cl)c(Cl)c1)c1ccc(Cl)c(Cl)c1)c1ccccc1. The monoisotopic (exact) mass is 496 g/mol. The van der Waals surface area contributed by atoms with Crippen LogP contribution in [0.25, 0.3) is 0 Å². The zero-order chi connectivity index (χ0) is 22.5. The van der Waals surface area contributed by atoms with E-state index in [0.29, 0.717) is 21.7 Å². The second-order valence-corrected chi connectivity index (χ2v) is 8.00. The predicted molar refractivity (Wildman–Crippen MR) is 124 cm³/mol. The van der Waals surface area contributed by atoms with Crippen LogP contribution in [0.1, 0.15) is 29.0 Å². The van der Waals surface area contributed by atoms with Crippen LogP contribution in [0.4, 0.5) is 0 Å². The van der Waals surface area contributed by atoms with E-state index in [1.165, 1.54) is 18.3 Å². The predicted octanol–water partition coefficient (Wildman–Crippen LogP) is 4.95. The first-order chi connectivity index (χ1) is 14.8. The second-order valence-electron chi connectivity index (χ2n) is 6.42. The van der Waals surface area contributed by atoms with E-state index in [0.717, 1.165) is 0 Å². The van der Waals surface area contributed by atoms with Crippen molar-refractivity contribution >= 4 is 58.1 Å². The first kappa shape index (κ1) is 23.5. The zero-order valence-corrected chi connectivity index (χ0v) is 18.8. The second kappa shape index (κ2) is 10.4. The molecule has 0 aliphatic carbocycles. The molecule has 0 aliphatic rings. The molecule has 10 heteroatoms. The molecule has 1 aromatic heterocycles. The molecule has 0 fully saturated rings. The Bertz CT molecular complexity index is 1130. The molecule has 4 N–H and O–H groups in total. The number of aromatic nitrogens is 1. The number of pyridine rings is 1. The topological polar surface area (TPSA) is 101 Å². The molecular formula is C21H16Cl4N4O2. The number of nitrogens with zero attached hydrogens (tertiary/aromatic N) is 2. The Balaban J connectivity index is 1.95. The fourth-order valence-electron chi connectivity index (χ4n) is 2.70. The highest BCUT2D eigenvalue weighted by Gasteiger charge is 2.25. The van der Waals surface area contributed by atoms with Crippen LogP contribution in [0.3, 0.4) is 0 Å². The van der Waals surface area contributed by atoms with E-state index in [-0.39, 0.29) is 21.0 Å². The molecule has 0 saturated heterocycles. The van der Waals surface area contributed by atoms with Crippen LogP contribution in [-0.2, 0) is 4.79 Å². The highest BCUT2D eigenvalue weighted by Crippen LogP contribution is 2.29. The number of nitrogens with two attached hydrogens (primary N) is 1. The first-order valence-electron chi connectivity index (χ1n) is 8.89. The summed E-state index contributed by atoms with van der Waals surface area (Å²) in [5.74, 6) is -0.616. The van der Waals surface area contributed by atoms with Gasteiger partial charge in [-0.15, -0.1) is 0 Å². The minimum Gasteiger partial charge on any atom is -0.383 e. The number of aliphatic hydroxyl groups is 1. The van der Waals surface area contributed by atoms with Crippen molar-refractivity contribution < 1.29 is 9.90 Å². The number of hydrogen-bond acceptors (Lipinski definition) is 4. The summed E-state index contributed by atoms with van der Waals surface area (Å²) in [5, 5.41) is 14.3. The maximum atomic E-state index is 13.0. The maximum Gasteiger partial charge on any atom is 0.269 e. The first-order valence-corrected chi connectivity index (χ1v) is 10.4. The molecule has 3 aromatic rings. The van der Waals surface area contributed by atoms with Crippen LogP contribution >= 0.6 is 46.4 Å². The summed E-state index contributed by atoms with van der Waals surface area (Å²) >= 11 is 23.9. The number of aliphatic imine (C=N–C) groups is 1. The average Bonchev–Trinajstić information content (AvgIpc) is 2.76. The molecule has 2 atom stereocenters. The van der Waals surface area contributed by atoms with Crippen molar-refractivity contribution in [1.29, 1.82) is 0 Å². The third-order valence-electron chi connectivity index (χ3n) is 4.28. The van der Waals surface area contributed by atoms with E-state index in [4.69, 9.17) is 52.1 Å². The van der Waals surface area contributed by atoms with Gasteiger partial charge in [0.2, 0.25) is 0 Å². The van der Waals surface area contributed by atoms with E-state index in [2.05, 4.69) is 15.3 Å². The molecule has 0 radical (unpaired) electrons. The zero-order valence-electron chi connectivity index (χ0n) is 15.8. The standard InChI is InChI=1S/C21H16Cl4N4O2/c22-14-7-6-12(8-15(14)23)17(21(31)29-19(26)11-4-2-1-3-5-11)28-20(30)13-9-16(24)18(25)27-10-13/h1-10,17,20,28,30H,(H2,26,29,31). The molecule has 31 heavy (non-hydrogen) atoms. The molecule has 0 saturated carbocycles. The van der Waals surface area contributed by atoms with Crippen LogP contribution in [0.15, 0.2) is 65.8 Å². The van der Waals surface area contributed by atoms with Crippen molar-refractivity contribution in [2.45, 2.75) is 12.3 Å². The number of amidine groups is 1. The largest absolute Gasteiger partial charge is 0.383 e. The normalized spacial score (nSPS) is 13.6. The summed E-state index contributed by atoms with van der Waals surface area (Å²) < 4.78 is 0. The number of carbonyl (C=O) groups is 1. The van der Waals surface area contributed by atoms with Gasteiger partial charge in [0.05, 0.1) is 15.1 Å². The lowest BCUT2D eigenvalue weighted by atomic mass is 10.1. The number of carbonyl (C=O) groups excluding carboxylic acids is 1. The van der Waals surface area contributed by atoms with Gasteiger partial charge in [0.1, 0.15) is 23.3 Å². The van der Waals surface area contributed by atoms with Gasteiger partial charge >= 0.3 is 0 Å². The molecule has 2 unspecified atom stereocenters. The van der Waals surface area contributed by atoms with Crippen molar-refractivity contribution in [3.8, 4) is 0 Å². The highest BCUT2D eigenvalue weighted by molar-refractivity contribution is 6.42. The van der Waals surface area contributed by atoms with Gasteiger partial charge in [-0.25, -0.2) is 4.98 Å². The van der Waals surface area contributed by atoms with Crippen LogP contribution in [-0.4, -0.2) is 21.8 Å². The van der Waals surface area contributed by atoms with Crippen molar-refractivity contribution in [2.24, 2.45) is 10.7 Å². The average molecular weight is 498 g/mol. The molecule has 160 valence electrons. The fraction of sp³-hybridized carbons (Fsp3) is 0.0952. The molecule has 1 heterocycles. The Hall–Kier alpha value is -2.19. The lowest BCUT2D eigenvalue weighted by Crippen LogP contribution is -2.32. The molecule has 1 amide bonds. The van der Waals surface area contributed by atoms with Crippen molar-refractivity contribution in [1.82, 2.24) is 10.3 Å². The molecule has 0 spiro atoms. The number of benzene rings is 2. The smallest absolute Gasteiger partial charge is 0.269 e. The number of halogens is 4. The van der Waals surface area contributed by atoms with E-state index < -0.39 is 18.2 Å². The summed E-state index contributed by atoms with van der Waals surface area (Å²) in [6, 6.07) is 13.8. The summed E-state index contributed by atoms with van der Waals surface area (Å²) in [6.45, 7) is 0. The minimum absolute atomic E-state index is 0.0307. The van der Waals surface area contributed by atoms with Gasteiger partial charge < -0.3 is 10.8 Å². The molecule has 6 nitrogen and oxygen atoms in total. The molecule has 0 aliphatic heterocycles. The van der Waals surface area contributed by atoms with E-state index in [9.17, 15) is 9.90 Å². The van der Waals surface area contributed by atoms with Crippen LogP contribution in [0.5, 0.6) is 0 Å². The van der Waals surface area contributed by atoms with Crippen LogP contribution in [0, 0.1) is 0 Å². The van der Waals surface area contributed by atoms with E-state index in [1.807, 2.05) is 6.07 Å². The molecule has 2 aromatic carbocycles. The Morgan fingerprint density at radius 1 is 0.968 bits per heavy atom. The number of rotatable bonds is 6. The molecular weight excluding hydrogens is 482 g/mol. The Kier molecular flexibility index (Phi) is 7.89. The van der Waals surface area contributed by atoms with Gasteiger partial charge in [0.25, 0.3) is 5.91 Å². The van der Waals surface area contributed by atoms with Gasteiger partial charge in [-0.05, 0) is 23.8 Å². The molecule has 0 bridgehead atoms. The maximum absolute atomic E-state index is 13.0. The number of hydrogen-bond donors (Lipinski definition) is 3. The van der Waals surface area contributed by atoms with Crippen molar-refractivity contribution in [3.05, 3.63) is 97.7 Å². The van der Waals surface area contributed by atoms with Gasteiger partial charge in [-0.1, -0.05) is 82.8 Å². The summed E-state index contributed by atoms with van der Waals surface area (Å²) in [4.78, 5) is 20.9. The van der Waals surface area contributed by atoms with Crippen molar-refractivity contribution in [2.75, 3.05) is 0 Å². The number of aliphatic hydroxyl groups excluding tert-OH is 1. The van der Waals surface area contributed by atoms with Gasteiger partial charge in [0, 0.05) is 17.3 Å². The summed E-state index contributed by atoms with van der Waals surface area (Å²) in [5.41, 5.74) is 7.30. The quantitative estimate of drug-likeness (QED) is 0.193. The van der Waals surface area contributed by atoms with Gasteiger partial charge in [-0.2, -0.15) is 4.99 Å². The Morgan fingerprint density at radius 2 is 1.65 bits per heavy atom. The van der Waals surface area contributed by atoms with Crippen LogP contribution in [0.2, 0.25) is 20.2 Å². The summed E-state index contributed by atoms with van der Waals surface area (Å²) in [6.07, 6.45) is 0.0166. The number of amides is 1. The Morgan fingerprint density at radius 3 is 2.29 bits per heavy atom. The van der Waals surface area contributed by atoms with E-state index in [1.54, 1.807) is 36.4 Å². The van der Waals surface area contributed by atoms with E-state index >= 15 is 0 Å². The van der Waals surface area contributed by atoms with Crippen LogP contribution < -0.4 is 11.1 Å². The lowest BCUT2D eigenvalue weighted by Gasteiger charge is -2.21. The third-order valence-corrected chi connectivity index (χ3v) is 5.71. The number of nitrogens with one attached hydrogen (secondary N) is 1. The lowest BCUT2D eigenvalue weighted by molar-refractivity contribution is -0.120. The minimum atomic E-state index is -1.32. The van der Waals surface area contributed by atoms with Gasteiger partial charge in [0.15, 0.2) is 0 Å². The highest BCUT2D eigenvalue weighted by atomic mass is 35.5. The van der Waals surface area contributed by atoms with Gasteiger partial charge in [-0.3, -0.25) is 10.1 Å². The molecule has 3 rings (SSSR count). The van der Waals surface area contributed by atoms with Crippen molar-refractivity contribution in [3.63, 3.8) is 0 Å². The fourth-order valence-corrected chi connectivity index (χ4v) is 3.28. The third kappa shape index (κ3) is 5.95.